The molecule has 1 N–H and O–H groups in total. The molecule has 0 bridgehead atoms. The van der Waals surface area contributed by atoms with Crippen molar-refractivity contribution in [3.63, 3.8) is 0 Å². The van der Waals surface area contributed by atoms with E-state index in [1.165, 1.54) is 4.90 Å². The lowest BCUT2D eigenvalue weighted by Crippen LogP contribution is -2.49. The lowest BCUT2D eigenvalue weighted by Gasteiger charge is -2.32. The van der Waals surface area contributed by atoms with E-state index >= 15 is 0 Å². The minimum absolute atomic E-state index is 0.141. The highest BCUT2D eigenvalue weighted by Gasteiger charge is 2.27. The predicted molar refractivity (Wildman–Crippen MR) is 73.3 cm³/mol. The van der Waals surface area contributed by atoms with Crippen molar-refractivity contribution in [2.24, 2.45) is 0 Å². The molecule has 0 aliphatic carbocycles. The second kappa shape index (κ2) is 6.07. The minimum atomic E-state index is -3.37. The largest absolute Gasteiger partial charge is 0.337 e. The molecule has 5 nitrogen and oxygen atoms in total. The molecule has 1 saturated heterocycles. The topological polar surface area (TPSA) is 66.5 Å². The van der Waals surface area contributed by atoms with Crippen molar-refractivity contribution < 1.29 is 22.0 Å². The van der Waals surface area contributed by atoms with Gasteiger partial charge in [0.15, 0.2) is 0 Å². The third kappa shape index (κ3) is 4.21. The highest BCUT2D eigenvalue weighted by molar-refractivity contribution is 7.88. The van der Waals surface area contributed by atoms with Crippen LogP contribution in [0, 0.1) is 11.6 Å². The van der Waals surface area contributed by atoms with Crippen LogP contribution in [-0.4, -0.2) is 44.6 Å². The Balaban J connectivity index is 2.14. The van der Waals surface area contributed by atoms with Crippen molar-refractivity contribution in [3.8, 4) is 0 Å². The summed E-state index contributed by atoms with van der Waals surface area (Å²) in [5.41, 5.74) is -0.338. The van der Waals surface area contributed by atoms with E-state index in [4.69, 9.17) is 0 Å². The number of carbonyl (C=O) groups excluding carboxylic acids is 1. The zero-order valence-electron chi connectivity index (χ0n) is 11.5. The van der Waals surface area contributed by atoms with Crippen molar-refractivity contribution in [2.45, 2.75) is 18.9 Å². The highest BCUT2D eigenvalue weighted by Crippen LogP contribution is 2.17. The third-order valence-electron chi connectivity index (χ3n) is 3.25. The van der Waals surface area contributed by atoms with E-state index in [1.807, 2.05) is 0 Å². The van der Waals surface area contributed by atoms with Gasteiger partial charge in [0, 0.05) is 19.1 Å². The number of piperidine rings is 1. The Morgan fingerprint density at radius 1 is 1.38 bits per heavy atom. The van der Waals surface area contributed by atoms with Crippen LogP contribution in [0.1, 0.15) is 23.2 Å². The van der Waals surface area contributed by atoms with Crippen molar-refractivity contribution in [1.82, 2.24) is 9.62 Å². The number of hydrogen-bond donors (Lipinski definition) is 1. The Hall–Kier alpha value is -1.54. The van der Waals surface area contributed by atoms with Crippen molar-refractivity contribution in [1.29, 1.82) is 0 Å². The first-order valence-electron chi connectivity index (χ1n) is 6.48. The van der Waals surface area contributed by atoms with Crippen LogP contribution in [-0.2, 0) is 10.0 Å². The average Bonchev–Trinajstić information content (AvgIpc) is 2.39. The molecule has 21 heavy (non-hydrogen) atoms. The van der Waals surface area contributed by atoms with Crippen LogP contribution in [0.3, 0.4) is 0 Å². The molecule has 2 rings (SSSR count). The van der Waals surface area contributed by atoms with Crippen LogP contribution < -0.4 is 4.72 Å². The van der Waals surface area contributed by atoms with Crippen molar-refractivity contribution in [3.05, 3.63) is 35.4 Å². The molecule has 1 fully saturated rings. The summed E-state index contributed by atoms with van der Waals surface area (Å²) in [6.45, 7) is 0.526. The Morgan fingerprint density at radius 2 is 2.10 bits per heavy atom. The first-order valence-corrected chi connectivity index (χ1v) is 8.37. The van der Waals surface area contributed by atoms with Crippen LogP contribution in [0.4, 0.5) is 8.78 Å². The number of benzene rings is 1. The summed E-state index contributed by atoms with van der Waals surface area (Å²) < 4.78 is 51.6. The Morgan fingerprint density at radius 3 is 2.76 bits per heavy atom. The van der Waals surface area contributed by atoms with E-state index in [-0.39, 0.29) is 12.1 Å². The molecule has 1 amide bonds. The van der Waals surface area contributed by atoms with Gasteiger partial charge in [0.25, 0.3) is 5.91 Å². The zero-order chi connectivity index (χ0) is 15.6. The molecule has 0 spiro atoms. The molecule has 1 aliphatic rings. The van der Waals surface area contributed by atoms with Crippen LogP contribution in [0.5, 0.6) is 0 Å². The van der Waals surface area contributed by atoms with Gasteiger partial charge in [-0.3, -0.25) is 4.79 Å². The maximum Gasteiger partial charge on any atom is 0.256 e. The summed E-state index contributed by atoms with van der Waals surface area (Å²) in [7, 11) is -3.37. The summed E-state index contributed by atoms with van der Waals surface area (Å²) in [4.78, 5) is 13.6. The molecule has 1 aromatic carbocycles. The van der Waals surface area contributed by atoms with E-state index in [0.717, 1.165) is 24.5 Å². The van der Waals surface area contributed by atoms with E-state index in [0.29, 0.717) is 19.4 Å². The van der Waals surface area contributed by atoms with Crippen LogP contribution in [0.15, 0.2) is 18.2 Å². The number of halogens is 2. The maximum absolute atomic E-state index is 13.6. The van der Waals surface area contributed by atoms with Gasteiger partial charge >= 0.3 is 0 Å². The number of nitrogens with one attached hydrogen (secondary N) is 1. The summed E-state index contributed by atoms with van der Waals surface area (Å²) >= 11 is 0. The number of rotatable bonds is 3. The number of carbonyl (C=O) groups is 1. The summed E-state index contributed by atoms with van der Waals surface area (Å²) in [5.74, 6) is -2.12. The predicted octanol–water partition coefficient (Wildman–Crippen LogP) is 1.12. The fourth-order valence-corrected chi connectivity index (χ4v) is 3.19. The number of amides is 1. The van der Waals surface area contributed by atoms with E-state index in [9.17, 15) is 22.0 Å². The Bertz CT molecular complexity index is 649. The molecule has 0 radical (unpaired) electrons. The molecule has 8 heteroatoms. The van der Waals surface area contributed by atoms with Crippen molar-refractivity contribution in [2.75, 3.05) is 19.3 Å². The molecular formula is C13H16F2N2O3S. The first kappa shape index (κ1) is 15.8. The van der Waals surface area contributed by atoms with Gasteiger partial charge in [-0.25, -0.2) is 21.9 Å². The lowest BCUT2D eigenvalue weighted by atomic mass is 10.1. The number of sulfonamides is 1. The molecular weight excluding hydrogens is 302 g/mol. The molecule has 1 heterocycles. The Labute approximate surface area is 122 Å². The SMILES string of the molecule is CS(=O)(=O)NC1CCCN(C(=O)c2cc(F)ccc2F)C1. The molecule has 1 aromatic rings. The van der Waals surface area contributed by atoms with Gasteiger partial charge in [-0.05, 0) is 31.0 Å². The smallest absolute Gasteiger partial charge is 0.256 e. The molecule has 116 valence electrons. The number of hydrogen-bond acceptors (Lipinski definition) is 3. The zero-order valence-corrected chi connectivity index (χ0v) is 12.3. The third-order valence-corrected chi connectivity index (χ3v) is 4.01. The first-order chi connectivity index (χ1) is 9.76. The van der Waals surface area contributed by atoms with Gasteiger partial charge in [0.2, 0.25) is 10.0 Å². The summed E-state index contributed by atoms with van der Waals surface area (Å²) in [5, 5.41) is 0. The molecule has 0 saturated carbocycles. The molecule has 1 unspecified atom stereocenters. The molecule has 0 aromatic heterocycles. The fraction of sp³-hybridized carbons (Fsp3) is 0.462. The van der Waals surface area contributed by atoms with Gasteiger partial charge in [-0.1, -0.05) is 0 Å². The van der Waals surface area contributed by atoms with Gasteiger partial charge in [-0.2, -0.15) is 0 Å². The van der Waals surface area contributed by atoms with E-state index < -0.39 is 33.6 Å². The fourth-order valence-electron chi connectivity index (χ4n) is 2.39. The number of likely N-dealkylation sites (tertiary alicyclic amines) is 1. The van der Waals surface area contributed by atoms with E-state index in [2.05, 4.69) is 4.72 Å². The monoisotopic (exact) mass is 318 g/mol. The number of nitrogens with zero attached hydrogens (tertiary/aromatic N) is 1. The van der Waals surface area contributed by atoms with E-state index in [1.54, 1.807) is 0 Å². The van der Waals surface area contributed by atoms with Crippen LogP contribution in [0.2, 0.25) is 0 Å². The summed E-state index contributed by atoms with van der Waals surface area (Å²) in [6, 6.07) is 2.29. The second-order valence-electron chi connectivity index (χ2n) is 5.10. The second-order valence-corrected chi connectivity index (χ2v) is 6.88. The highest BCUT2D eigenvalue weighted by atomic mass is 32.2. The van der Waals surface area contributed by atoms with Crippen LogP contribution >= 0.6 is 0 Å². The van der Waals surface area contributed by atoms with Gasteiger partial charge < -0.3 is 4.90 Å². The molecule has 1 aliphatic heterocycles. The maximum atomic E-state index is 13.6. The lowest BCUT2D eigenvalue weighted by molar-refractivity contribution is 0.0698. The summed E-state index contributed by atoms with van der Waals surface area (Å²) in [6.07, 6.45) is 2.23. The van der Waals surface area contributed by atoms with Crippen molar-refractivity contribution >= 4 is 15.9 Å². The quantitative estimate of drug-likeness (QED) is 0.908. The normalized spacial score (nSPS) is 19.6. The van der Waals surface area contributed by atoms with Gasteiger partial charge in [0.1, 0.15) is 11.6 Å². The Kier molecular flexibility index (Phi) is 4.58. The standard InChI is InChI=1S/C13H16F2N2O3S/c1-21(19,20)16-10-3-2-6-17(8-10)13(18)11-7-9(14)4-5-12(11)15/h4-5,7,10,16H,2-3,6,8H2,1H3. The van der Waals surface area contributed by atoms with Gasteiger partial charge in [-0.15, -0.1) is 0 Å². The average molecular weight is 318 g/mol. The van der Waals surface area contributed by atoms with Crippen LogP contribution in [0.25, 0.3) is 0 Å². The molecule has 1 atom stereocenters. The minimum Gasteiger partial charge on any atom is -0.337 e. The van der Waals surface area contributed by atoms with Gasteiger partial charge in [0.05, 0.1) is 11.8 Å².